The number of methoxy groups -OCH3 is 1. The molecule has 0 saturated heterocycles. The average Bonchev–Trinajstić information content (AvgIpc) is 2.49. The fraction of sp³-hybridized carbons (Fsp3) is 0.667. The molecule has 0 spiro atoms. The van der Waals surface area contributed by atoms with Crippen molar-refractivity contribution < 1.29 is 4.74 Å². The Morgan fingerprint density at radius 2 is 1.70 bits per heavy atom. The smallest absolute Gasteiger partial charge is 0.0828 e. The van der Waals surface area contributed by atoms with E-state index in [9.17, 15) is 0 Å². The molecule has 0 saturated carbocycles. The Bertz CT molecular complexity index is 359. The quantitative estimate of drug-likeness (QED) is 0.733. The van der Waals surface area contributed by atoms with Crippen molar-refractivity contribution in [3.8, 4) is 0 Å². The van der Waals surface area contributed by atoms with Crippen molar-refractivity contribution in [3.05, 3.63) is 35.4 Å². The number of aryl methyl sites for hydroxylation is 1. The van der Waals surface area contributed by atoms with Crippen molar-refractivity contribution in [2.24, 2.45) is 0 Å². The molecule has 0 aliphatic rings. The first-order chi connectivity index (χ1) is 9.61. The van der Waals surface area contributed by atoms with Crippen LogP contribution in [0.25, 0.3) is 0 Å². The predicted molar refractivity (Wildman–Crippen MR) is 87.3 cm³/mol. The van der Waals surface area contributed by atoms with Crippen molar-refractivity contribution in [2.45, 2.75) is 65.0 Å². The van der Waals surface area contributed by atoms with Gasteiger partial charge in [-0.25, -0.2) is 0 Å². The Balaban J connectivity index is 2.90. The lowest BCUT2D eigenvalue weighted by molar-refractivity contribution is -0.0471. The van der Waals surface area contributed by atoms with Gasteiger partial charge >= 0.3 is 0 Å². The number of hydrogen-bond acceptors (Lipinski definition) is 2. The van der Waals surface area contributed by atoms with Gasteiger partial charge in [-0.15, -0.1) is 0 Å². The van der Waals surface area contributed by atoms with Gasteiger partial charge in [0.15, 0.2) is 0 Å². The van der Waals surface area contributed by atoms with Crippen LogP contribution >= 0.6 is 0 Å². The maximum atomic E-state index is 5.93. The topological polar surface area (TPSA) is 21.3 Å². The molecule has 0 amide bonds. The highest BCUT2D eigenvalue weighted by Crippen LogP contribution is 2.27. The maximum absolute atomic E-state index is 5.93. The molecule has 0 aliphatic carbocycles. The molecule has 1 N–H and O–H groups in total. The van der Waals surface area contributed by atoms with Crippen LogP contribution in [0.4, 0.5) is 0 Å². The first-order valence-corrected chi connectivity index (χ1v) is 7.95. The fourth-order valence-corrected chi connectivity index (χ4v) is 2.90. The second-order valence-corrected chi connectivity index (χ2v) is 5.67. The minimum absolute atomic E-state index is 0.0694. The minimum atomic E-state index is -0.0694. The monoisotopic (exact) mass is 277 g/mol. The summed E-state index contributed by atoms with van der Waals surface area (Å²) in [5, 5.41) is 3.70. The first-order valence-electron chi connectivity index (χ1n) is 7.95. The normalized spacial score (nSPS) is 13.4. The van der Waals surface area contributed by atoms with Gasteiger partial charge in [0.05, 0.1) is 5.60 Å². The fourth-order valence-electron chi connectivity index (χ4n) is 2.90. The van der Waals surface area contributed by atoms with Gasteiger partial charge in [-0.05, 0) is 44.7 Å². The standard InChI is InChI=1S/C18H31NO/c1-6-13-19-17(18(7-2,8-3)20-5)14-16-11-9-15(4)10-12-16/h9-12,17,19H,6-8,13-14H2,1-5H3. The third kappa shape index (κ3) is 4.32. The SMILES string of the molecule is CCCNC(Cc1ccc(C)cc1)C(CC)(CC)OC. The predicted octanol–water partition coefficient (Wildman–Crippen LogP) is 4.11. The average molecular weight is 277 g/mol. The lowest BCUT2D eigenvalue weighted by Gasteiger charge is -2.39. The van der Waals surface area contributed by atoms with E-state index in [2.05, 4.69) is 57.3 Å². The highest BCUT2D eigenvalue weighted by atomic mass is 16.5. The number of ether oxygens (including phenoxy) is 1. The molecule has 114 valence electrons. The van der Waals surface area contributed by atoms with Gasteiger partial charge in [-0.3, -0.25) is 0 Å². The lowest BCUT2D eigenvalue weighted by atomic mass is 9.84. The molecule has 0 fully saturated rings. The van der Waals surface area contributed by atoms with Crippen LogP contribution in [0.2, 0.25) is 0 Å². The Morgan fingerprint density at radius 3 is 2.15 bits per heavy atom. The lowest BCUT2D eigenvalue weighted by Crippen LogP contribution is -2.53. The number of hydrogen-bond donors (Lipinski definition) is 1. The molecule has 0 heterocycles. The Hall–Kier alpha value is -0.860. The second-order valence-electron chi connectivity index (χ2n) is 5.67. The van der Waals surface area contributed by atoms with Crippen molar-refractivity contribution in [3.63, 3.8) is 0 Å². The molecule has 1 atom stereocenters. The molecule has 0 aromatic heterocycles. The number of benzene rings is 1. The zero-order valence-electron chi connectivity index (χ0n) is 13.8. The van der Waals surface area contributed by atoms with Crippen molar-refractivity contribution in [2.75, 3.05) is 13.7 Å². The summed E-state index contributed by atoms with van der Waals surface area (Å²) in [6.07, 6.45) is 4.24. The first kappa shape index (κ1) is 17.2. The third-order valence-electron chi connectivity index (χ3n) is 4.44. The highest BCUT2D eigenvalue weighted by Gasteiger charge is 2.35. The van der Waals surface area contributed by atoms with E-state index in [-0.39, 0.29) is 5.60 Å². The summed E-state index contributed by atoms with van der Waals surface area (Å²) < 4.78 is 5.93. The molecule has 0 radical (unpaired) electrons. The zero-order valence-corrected chi connectivity index (χ0v) is 13.8. The molecule has 20 heavy (non-hydrogen) atoms. The molecule has 1 aromatic rings. The van der Waals surface area contributed by atoms with E-state index in [4.69, 9.17) is 4.74 Å². The highest BCUT2D eigenvalue weighted by molar-refractivity contribution is 5.22. The molecular formula is C18H31NO. The second kappa shape index (κ2) is 8.43. The number of nitrogens with one attached hydrogen (secondary N) is 1. The van der Waals surface area contributed by atoms with E-state index in [1.807, 2.05) is 7.11 Å². The van der Waals surface area contributed by atoms with Crippen molar-refractivity contribution in [1.29, 1.82) is 0 Å². The van der Waals surface area contributed by atoms with Gasteiger partial charge in [0.25, 0.3) is 0 Å². The summed E-state index contributed by atoms with van der Waals surface area (Å²) in [5.74, 6) is 0. The molecule has 2 nitrogen and oxygen atoms in total. The van der Waals surface area contributed by atoms with Crippen LogP contribution in [0, 0.1) is 6.92 Å². The van der Waals surface area contributed by atoms with Crippen LogP contribution in [0.15, 0.2) is 24.3 Å². The van der Waals surface area contributed by atoms with E-state index < -0.39 is 0 Å². The Labute approximate surface area is 124 Å². The molecule has 1 unspecified atom stereocenters. The summed E-state index contributed by atoms with van der Waals surface area (Å²) in [4.78, 5) is 0. The van der Waals surface area contributed by atoms with Gasteiger partial charge in [-0.2, -0.15) is 0 Å². The Kier molecular flexibility index (Phi) is 7.25. The van der Waals surface area contributed by atoms with Crippen LogP contribution in [0.5, 0.6) is 0 Å². The van der Waals surface area contributed by atoms with E-state index in [0.29, 0.717) is 6.04 Å². The molecule has 0 bridgehead atoms. The Morgan fingerprint density at radius 1 is 1.10 bits per heavy atom. The molecule has 1 aromatic carbocycles. The van der Waals surface area contributed by atoms with Gasteiger partial charge in [0, 0.05) is 13.2 Å². The van der Waals surface area contributed by atoms with Gasteiger partial charge in [-0.1, -0.05) is 50.6 Å². The summed E-state index contributed by atoms with van der Waals surface area (Å²) in [7, 11) is 1.85. The minimum Gasteiger partial charge on any atom is -0.377 e. The van der Waals surface area contributed by atoms with Crippen LogP contribution in [0.3, 0.4) is 0 Å². The van der Waals surface area contributed by atoms with Gasteiger partial charge in [0.1, 0.15) is 0 Å². The van der Waals surface area contributed by atoms with E-state index in [0.717, 1.165) is 32.2 Å². The van der Waals surface area contributed by atoms with Gasteiger partial charge in [0.2, 0.25) is 0 Å². The summed E-state index contributed by atoms with van der Waals surface area (Å²) >= 11 is 0. The van der Waals surface area contributed by atoms with E-state index in [1.54, 1.807) is 0 Å². The van der Waals surface area contributed by atoms with Crippen LogP contribution < -0.4 is 5.32 Å². The number of rotatable bonds is 9. The van der Waals surface area contributed by atoms with Crippen molar-refractivity contribution in [1.82, 2.24) is 5.32 Å². The largest absolute Gasteiger partial charge is 0.377 e. The molecule has 1 rings (SSSR count). The van der Waals surface area contributed by atoms with Crippen LogP contribution in [-0.4, -0.2) is 25.3 Å². The third-order valence-corrected chi connectivity index (χ3v) is 4.44. The van der Waals surface area contributed by atoms with E-state index in [1.165, 1.54) is 11.1 Å². The van der Waals surface area contributed by atoms with Gasteiger partial charge < -0.3 is 10.1 Å². The molecule has 0 aliphatic heterocycles. The summed E-state index contributed by atoms with van der Waals surface area (Å²) in [6, 6.07) is 9.23. The summed E-state index contributed by atoms with van der Waals surface area (Å²) in [5.41, 5.74) is 2.63. The molecular weight excluding hydrogens is 246 g/mol. The maximum Gasteiger partial charge on any atom is 0.0828 e. The van der Waals surface area contributed by atoms with Crippen molar-refractivity contribution >= 4 is 0 Å². The van der Waals surface area contributed by atoms with Crippen LogP contribution in [-0.2, 0) is 11.2 Å². The summed E-state index contributed by atoms with van der Waals surface area (Å²) in [6.45, 7) is 9.84. The van der Waals surface area contributed by atoms with E-state index >= 15 is 0 Å². The zero-order chi connectivity index (χ0) is 15.0. The van der Waals surface area contributed by atoms with Crippen LogP contribution in [0.1, 0.15) is 51.2 Å². The molecule has 2 heteroatoms.